The first kappa shape index (κ1) is 12.2. The molecular weight excluding hydrogens is 258 g/mol. The Kier molecular flexibility index (Phi) is 3.11. The zero-order valence-electron chi connectivity index (χ0n) is 9.45. The van der Waals surface area contributed by atoms with Crippen molar-refractivity contribution in [3.63, 3.8) is 0 Å². The van der Waals surface area contributed by atoms with Crippen LogP contribution in [0.1, 0.15) is 0 Å². The summed E-state index contributed by atoms with van der Waals surface area (Å²) in [6.45, 7) is 0. The number of nitrogens with one attached hydrogen (secondary N) is 1. The van der Waals surface area contributed by atoms with Crippen LogP contribution in [0.4, 0.5) is 11.5 Å². The topological polar surface area (TPSA) is 107 Å². The van der Waals surface area contributed by atoms with Crippen molar-refractivity contribution in [1.82, 2.24) is 5.16 Å². The highest BCUT2D eigenvalue weighted by molar-refractivity contribution is 7.92. The first-order chi connectivity index (χ1) is 8.53. The summed E-state index contributed by atoms with van der Waals surface area (Å²) in [5.41, 5.74) is 5.89. The Morgan fingerprint density at radius 1 is 1.39 bits per heavy atom. The number of hydrogen-bond acceptors (Lipinski definition) is 6. The average molecular weight is 269 g/mol. The minimum absolute atomic E-state index is 0.0620. The van der Waals surface area contributed by atoms with Gasteiger partial charge in [-0.05, 0) is 18.2 Å². The molecule has 1 aromatic heterocycles. The lowest BCUT2D eigenvalue weighted by Crippen LogP contribution is -2.14. The van der Waals surface area contributed by atoms with Gasteiger partial charge in [0.15, 0.2) is 5.82 Å². The van der Waals surface area contributed by atoms with Gasteiger partial charge >= 0.3 is 0 Å². The number of anilines is 2. The second-order valence-electron chi connectivity index (χ2n) is 3.40. The Hall–Kier alpha value is -2.22. The fraction of sp³-hybridized carbons (Fsp3) is 0.100. The smallest absolute Gasteiger partial charge is 0.266 e. The predicted octanol–water partition coefficient (Wildman–Crippen LogP) is 1.07. The van der Waals surface area contributed by atoms with Crippen LogP contribution < -0.4 is 15.2 Å². The maximum Gasteiger partial charge on any atom is 0.266 e. The minimum Gasteiger partial charge on any atom is -0.495 e. The second kappa shape index (κ2) is 4.57. The molecule has 3 N–H and O–H groups in total. The molecule has 0 aliphatic carbocycles. The quantitative estimate of drug-likeness (QED) is 0.804. The molecule has 1 heterocycles. The SMILES string of the molecule is COc1ccc(N)cc1S(=O)(=O)Nc1ccon1. The van der Waals surface area contributed by atoms with E-state index in [1.807, 2.05) is 0 Å². The van der Waals surface area contributed by atoms with Gasteiger partial charge in [0.25, 0.3) is 10.0 Å². The number of hydrogen-bond donors (Lipinski definition) is 2. The van der Waals surface area contributed by atoms with Gasteiger partial charge in [0.05, 0.1) is 7.11 Å². The average Bonchev–Trinajstić information content (AvgIpc) is 2.81. The molecule has 0 spiro atoms. The molecule has 1 aromatic carbocycles. The molecule has 0 saturated heterocycles. The largest absolute Gasteiger partial charge is 0.495 e. The van der Waals surface area contributed by atoms with Crippen molar-refractivity contribution in [2.75, 3.05) is 17.6 Å². The number of nitrogen functional groups attached to an aromatic ring is 1. The lowest BCUT2D eigenvalue weighted by atomic mass is 10.3. The third kappa shape index (κ3) is 2.38. The van der Waals surface area contributed by atoms with Crippen LogP contribution in [0.25, 0.3) is 0 Å². The van der Waals surface area contributed by atoms with Crippen LogP contribution >= 0.6 is 0 Å². The standard InChI is InChI=1S/C10H11N3O4S/c1-16-8-3-2-7(11)6-9(8)18(14,15)13-10-4-5-17-12-10/h2-6H,11H2,1H3,(H,12,13). The zero-order valence-corrected chi connectivity index (χ0v) is 10.3. The molecule has 0 radical (unpaired) electrons. The van der Waals surface area contributed by atoms with Gasteiger partial charge in [-0.2, -0.15) is 0 Å². The van der Waals surface area contributed by atoms with Gasteiger partial charge in [-0.1, -0.05) is 5.16 Å². The fourth-order valence-corrected chi connectivity index (χ4v) is 2.56. The molecule has 18 heavy (non-hydrogen) atoms. The van der Waals surface area contributed by atoms with Gasteiger partial charge in [-0.25, -0.2) is 8.42 Å². The molecule has 0 saturated carbocycles. The van der Waals surface area contributed by atoms with Crippen molar-refractivity contribution < 1.29 is 17.7 Å². The highest BCUT2D eigenvalue weighted by atomic mass is 32.2. The number of aromatic nitrogens is 1. The highest BCUT2D eigenvalue weighted by Crippen LogP contribution is 2.27. The zero-order chi connectivity index (χ0) is 13.2. The van der Waals surface area contributed by atoms with E-state index in [1.165, 1.54) is 31.6 Å². The normalized spacial score (nSPS) is 11.2. The number of methoxy groups -OCH3 is 1. The first-order valence-electron chi connectivity index (χ1n) is 4.89. The molecule has 0 aliphatic rings. The third-order valence-corrected chi connectivity index (χ3v) is 3.53. The van der Waals surface area contributed by atoms with E-state index in [-0.39, 0.29) is 16.5 Å². The molecule has 96 valence electrons. The Morgan fingerprint density at radius 2 is 2.17 bits per heavy atom. The molecule has 8 heteroatoms. The molecule has 2 aromatic rings. The van der Waals surface area contributed by atoms with Crippen LogP contribution in [0.3, 0.4) is 0 Å². The molecule has 0 aliphatic heterocycles. The number of nitrogens with zero attached hydrogens (tertiary/aromatic N) is 1. The van der Waals surface area contributed by atoms with Crippen molar-refractivity contribution in [3.05, 3.63) is 30.5 Å². The Bertz CT molecular complexity index is 637. The van der Waals surface area contributed by atoms with Crippen LogP contribution in [0.5, 0.6) is 5.75 Å². The Balaban J connectivity index is 2.43. The summed E-state index contributed by atoms with van der Waals surface area (Å²) in [6, 6.07) is 5.72. The minimum atomic E-state index is -3.83. The van der Waals surface area contributed by atoms with Gasteiger partial charge in [0.1, 0.15) is 16.9 Å². The summed E-state index contributed by atoms with van der Waals surface area (Å²) in [5.74, 6) is 0.277. The number of sulfonamides is 1. The van der Waals surface area contributed by atoms with E-state index < -0.39 is 10.0 Å². The van der Waals surface area contributed by atoms with Gasteiger partial charge < -0.3 is 15.0 Å². The van der Waals surface area contributed by atoms with E-state index in [2.05, 4.69) is 14.4 Å². The maximum absolute atomic E-state index is 12.1. The number of ether oxygens (including phenoxy) is 1. The number of nitrogens with two attached hydrogens (primary N) is 1. The molecule has 0 fully saturated rings. The lowest BCUT2D eigenvalue weighted by Gasteiger charge is -2.10. The van der Waals surface area contributed by atoms with E-state index in [1.54, 1.807) is 6.07 Å². The molecule has 0 amide bonds. The molecule has 0 unspecified atom stereocenters. The Labute approximate surface area is 104 Å². The molecular formula is C10H11N3O4S. The summed E-state index contributed by atoms with van der Waals surface area (Å²) in [5, 5.41) is 3.47. The summed E-state index contributed by atoms with van der Waals surface area (Å²) in [6.07, 6.45) is 1.26. The predicted molar refractivity (Wildman–Crippen MR) is 64.7 cm³/mol. The summed E-state index contributed by atoms with van der Waals surface area (Å²) in [4.78, 5) is -0.0620. The van der Waals surface area contributed by atoms with Gasteiger partial charge in [0.2, 0.25) is 0 Å². The molecule has 7 nitrogen and oxygen atoms in total. The van der Waals surface area contributed by atoms with Crippen molar-refractivity contribution in [3.8, 4) is 5.75 Å². The van der Waals surface area contributed by atoms with Crippen molar-refractivity contribution >= 4 is 21.5 Å². The van der Waals surface area contributed by atoms with Gasteiger partial charge in [-0.15, -0.1) is 0 Å². The van der Waals surface area contributed by atoms with Crippen LogP contribution in [-0.4, -0.2) is 20.7 Å². The Morgan fingerprint density at radius 3 is 2.78 bits per heavy atom. The molecule has 2 rings (SSSR count). The van der Waals surface area contributed by atoms with E-state index in [0.717, 1.165) is 0 Å². The maximum atomic E-state index is 12.1. The summed E-state index contributed by atoms with van der Waals surface area (Å²) >= 11 is 0. The lowest BCUT2D eigenvalue weighted by molar-refractivity contribution is 0.403. The molecule has 0 atom stereocenters. The van der Waals surface area contributed by atoms with E-state index in [0.29, 0.717) is 5.69 Å². The molecule has 0 bridgehead atoms. The van der Waals surface area contributed by atoms with E-state index >= 15 is 0 Å². The highest BCUT2D eigenvalue weighted by Gasteiger charge is 2.20. The third-order valence-electron chi connectivity index (χ3n) is 2.15. The van der Waals surface area contributed by atoms with Crippen LogP contribution in [0.15, 0.2) is 39.9 Å². The number of rotatable bonds is 4. The van der Waals surface area contributed by atoms with Crippen LogP contribution in [-0.2, 0) is 10.0 Å². The van der Waals surface area contributed by atoms with Crippen molar-refractivity contribution in [2.45, 2.75) is 4.90 Å². The summed E-state index contributed by atoms with van der Waals surface area (Å²) < 4.78 is 36.0. The van der Waals surface area contributed by atoms with E-state index in [4.69, 9.17) is 10.5 Å². The van der Waals surface area contributed by atoms with Crippen molar-refractivity contribution in [1.29, 1.82) is 0 Å². The summed E-state index contributed by atoms with van der Waals surface area (Å²) in [7, 11) is -2.45. The fourth-order valence-electron chi connectivity index (χ4n) is 1.36. The second-order valence-corrected chi connectivity index (χ2v) is 5.05. The van der Waals surface area contributed by atoms with Gasteiger partial charge in [0, 0.05) is 11.8 Å². The monoisotopic (exact) mass is 269 g/mol. The number of benzene rings is 1. The van der Waals surface area contributed by atoms with Crippen LogP contribution in [0.2, 0.25) is 0 Å². The van der Waals surface area contributed by atoms with Crippen LogP contribution in [0, 0.1) is 0 Å². The van der Waals surface area contributed by atoms with Crippen molar-refractivity contribution in [2.24, 2.45) is 0 Å². The first-order valence-corrected chi connectivity index (χ1v) is 6.38. The van der Waals surface area contributed by atoms with E-state index in [9.17, 15) is 8.42 Å². The van der Waals surface area contributed by atoms with Gasteiger partial charge in [-0.3, -0.25) is 4.72 Å².